The summed E-state index contributed by atoms with van der Waals surface area (Å²) in [5.74, 6) is -0.951. The van der Waals surface area contributed by atoms with Crippen LogP contribution in [-0.2, 0) is 9.47 Å². The van der Waals surface area contributed by atoms with Gasteiger partial charge in [0.2, 0.25) is 0 Å². The van der Waals surface area contributed by atoms with E-state index in [-0.39, 0.29) is 5.97 Å². The summed E-state index contributed by atoms with van der Waals surface area (Å²) in [4.78, 5) is 32.7. The summed E-state index contributed by atoms with van der Waals surface area (Å²) in [6, 6.07) is 13.7. The zero-order valence-corrected chi connectivity index (χ0v) is 14.1. The van der Waals surface area contributed by atoms with Crippen molar-refractivity contribution in [1.82, 2.24) is 0 Å². The average molecular weight is 338 g/mol. The molecular formula is C20H18O5. The van der Waals surface area contributed by atoms with Crippen LogP contribution in [0.25, 0.3) is 5.76 Å². The van der Waals surface area contributed by atoms with Crippen LogP contribution in [0.4, 0.5) is 0 Å². The molecule has 128 valence electrons. The molecule has 4 rings (SSSR count). The molecule has 0 atom stereocenters. The second-order valence-electron chi connectivity index (χ2n) is 5.29. The first-order valence-electron chi connectivity index (χ1n) is 7.85. The summed E-state index contributed by atoms with van der Waals surface area (Å²) in [5.41, 5.74) is 2.13. The van der Waals surface area contributed by atoms with Crippen molar-refractivity contribution in [2.45, 2.75) is 20.3 Å². The van der Waals surface area contributed by atoms with Gasteiger partial charge in [-0.15, -0.1) is 0 Å². The van der Waals surface area contributed by atoms with Gasteiger partial charge in [-0.3, -0.25) is 0 Å². The molecule has 2 aliphatic rings. The van der Waals surface area contributed by atoms with E-state index in [1.165, 1.54) is 6.42 Å². The lowest BCUT2D eigenvalue weighted by Gasteiger charge is -1.90. The molecule has 0 saturated heterocycles. The number of carbonyl (C=O) groups excluding carboxylic acids is 3. The number of ether oxygens (including phenoxy) is 2. The molecule has 0 spiro atoms. The van der Waals surface area contributed by atoms with Gasteiger partial charge < -0.3 is 9.47 Å². The van der Waals surface area contributed by atoms with Gasteiger partial charge in [0.1, 0.15) is 5.76 Å². The van der Waals surface area contributed by atoms with E-state index in [2.05, 4.69) is 25.2 Å². The highest BCUT2D eigenvalue weighted by Crippen LogP contribution is 2.27. The molecule has 0 fully saturated rings. The van der Waals surface area contributed by atoms with Crippen LogP contribution in [-0.4, -0.2) is 17.9 Å². The highest BCUT2D eigenvalue weighted by molar-refractivity contribution is 6.14. The van der Waals surface area contributed by atoms with Gasteiger partial charge in [-0.1, -0.05) is 57.2 Å². The van der Waals surface area contributed by atoms with E-state index in [4.69, 9.17) is 4.74 Å². The SMILES string of the molecule is C=C1OC(=O)c2ccccc21.CCC.O=C1OC(=O)c2ccccc21. The van der Waals surface area contributed by atoms with Gasteiger partial charge in [0.05, 0.1) is 16.7 Å². The minimum atomic E-state index is -0.550. The summed E-state index contributed by atoms with van der Waals surface area (Å²) in [6.45, 7) is 7.85. The summed E-state index contributed by atoms with van der Waals surface area (Å²) in [6.07, 6.45) is 1.25. The molecule has 0 aromatic heterocycles. The van der Waals surface area contributed by atoms with Crippen molar-refractivity contribution < 1.29 is 23.9 Å². The molecule has 0 saturated carbocycles. The van der Waals surface area contributed by atoms with Crippen LogP contribution in [0.5, 0.6) is 0 Å². The lowest BCUT2D eigenvalue weighted by atomic mass is 10.1. The van der Waals surface area contributed by atoms with E-state index in [1.807, 2.05) is 12.1 Å². The second kappa shape index (κ2) is 8.06. The minimum absolute atomic E-state index is 0.300. The number of hydrogen-bond donors (Lipinski definition) is 0. The third kappa shape index (κ3) is 4.01. The molecule has 2 aromatic rings. The number of hydrogen-bond acceptors (Lipinski definition) is 5. The summed E-state index contributed by atoms with van der Waals surface area (Å²) in [5, 5.41) is 0. The Labute approximate surface area is 145 Å². The number of esters is 3. The molecule has 0 unspecified atom stereocenters. The van der Waals surface area contributed by atoms with E-state index in [0.29, 0.717) is 22.4 Å². The van der Waals surface area contributed by atoms with Crippen molar-refractivity contribution in [3.8, 4) is 0 Å². The highest BCUT2D eigenvalue weighted by Gasteiger charge is 2.28. The van der Waals surface area contributed by atoms with E-state index >= 15 is 0 Å². The first-order valence-corrected chi connectivity index (χ1v) is 7.85. The van der Waals surface area contributed by atoms with Crippen molar-refractivity contribution in [3.63, 3.8) is 0 Å². The molecule has 2 aromatic carbocycles. The monoisotopic (exact) mass is 338 g/mol. The van der Waals surface area contributed by atoms with Crippen LogP contribution >= 0.6 is 0 Å². The first kappa shape index (κ1) is 18.1. The summed E-state index contributed by atoms with van der Waals surface area (Å²) < 4.78 is 9.15. The predicted molar refractivity (Wildman–Crippen MR) is 93.0 cm³/mol. The van der Waals surface area contributed by atoms with Gasteiger partial charge in [-0.2, -0.15) is 0 Å². The van der Waals surface area contributed by atoms with E-state index in [9.17, 15) is 14.4 Å². The Bertz CT molecular complexity index is 700. The molecule has 25 heavy (non-hydrogen) atoms. The van der Waals surface area contributed by atoms with Crippen LogP contribution in [0.3, 0.4) is 0 Å². The molecular weight excluding hydrogens is 320 g/mol. The van der Waals surface area contributed by atoms with Crippen LogP contribution in [0, 0.1) is 0 Å². The topological polar surface area (TPSA) is 69.7 Å². The molecule has 0 radical (unpaired) electrons. The van der Waals surface area contributed by atoms with Crippen molar-refractivity contribution in [3.05, 3.63) is 77.4 Å². The van der Waals surface area contributed by atoms with Gasteiger partial charge in [-0.05, 0) is 18.2 Å². The maximum absolute atomic E-state index is 11.0. The molecule has 2 heterocycles. The predicted octanol–water partition coefficient (Wildman–Crippen LogP) is 4.24. The Morgan fingerprint density at radius 2 is 1.00 bits per heavy atom. The van der Waals surface area contributed by atoms with Crippen LogP contribution in [0.1, 0.15) is 56.9 Å². The van der Waals surface area contributed by atoms with Crippen molar-refractivity contribution in [2.75, 3.05) is 0 Å². The number of rotatable bonds is 0. The molecule has 0 aliphatic carbocycles. The summed E-state index contributed by atoms with van der Waals surface area (Å²) >= 11 is 0. The lowest BCUT2D eigenvalue weighted by molar-refractivity contribution is 0.0443. The molecule has 0 amide bonds. The molecule has 5 nitrogen and oxygen atoms in total. The van der Waals surface area contributed by atoms with Crippen LogP contribution in [0.2, 0.25) is 0 Å². The lowest BCUT2D eigenvalue weighted by Crippen LogP contribution is -1.96. The first-order chi connectivity index (χ1) is 12.0. The Morgan fingerprint density at radius 1 is 0.680 bits per heavy atom. The molecule has 0 bridgehead atoms. The van der Waals surface area contributed by atoms with Crippen molar-refractivity contribution in [2.24, 2.45) is 0 Å². The Hall–Kier alpha value is -3.21. The molecule has 5 heteroatoms. The normalized spacial score (nSPS) is 13.5. The number of benzene rings is 2. The number of cyclic esters (lactones) is 3. The molecule has 2 aliphatic heterocycles. The highest BCUT2D eigenvalue weighted by atomic mass is 16.6. The largest absolute Gasteiger partial charge is 0.423 e. The quantitative estimate of drug-likeness (QED) is 0.531. The Kier molecular flexibility index (Phi) is 5.84. The second-order valence-corrected chi connectivity index (χ2v) is 5.29. The zero-order valence-electron chi connectivity index (χ0n) is 14.1. The average Bonchev–Trinajstić information content (AvgIpc) is 3.06. The summed E-state index contributed by atoms with van der Waals surface area (Å²) in [7, 11) is 0. The molecule has 0 N–H and O–H groups in total. The van der Waals surface area contributed by atoms with Gasteiger partial charge >= 0.3 is 17.9 Å². The Balaban J connectivity index is 0.000000156. The zero-order chi connectivity index (χ0) is 18.4. The fourth-order valence-electron chi connectivity index (χ4n) is 2.16. The number of fused-ring (bicyclic) bond motifs is 2. The smallest absolute Gasteiger partial charge is 0.346 e. The standard InChI is InChI=1S/C9H6O2.C8H4O3.C3H8/c1-6-7-4-2-3-5-8(7)9(10)11-6;9-7-5-3-1-2-4-6(5)8(10)11-7;1-3-2/h2-5H,1H2;1-4H;3H2,1-2H3. The number of carbonyl (C=O) groups is 3. The van der Waals surface area contributed by atoms with Crippen LogP contribution < -0.4 is 0 Å². The van der Waals surface area contributed by atoms with Gasteiger partial charge in [0, 0.05) is 5.56 Å². The van der Waals surface area contributed by atoms with Crippen molar-refractivity contribution in [1.29, 1.82) is 0 Å². The minimum Gasteiger partial charge on any atom is -0.423 e. The Morgan fingerprint density at radius 3 is 1.40 bits per heavy atom. The van der Waals surface area contributed by atoms with Gasteiger partial charge in [0.25, 0.3) is 0 Å². The van der Waals surface area contributed by atoms with Gasteiger partial charge in [-0.25, -0.2) is 14.4 Å². The fourth-order valence-corrected chi connectivity index (χ4v) is 2.16. The third-order valence-electron chi connectivity index (χ3n) is 3.22. The maximum Gasteiger partial charge on any atom is 0.346 e. The van der Waals surface area contributed by atoms with Crippen LogP contribution in [0.15, 0.2) is 55.1 Å². The van der Waals surface area contributed by atoms with E-state index < -0.39 is 11.9 Å². The van der Waals surface area contributed by atoms with Gasteiger partial charge in [0.15, 0.2) is 0 Å². The maximum atomic E-state index is 11.0. The van der Waals surface area contributed by atoms with E-state index in [1.54, 1.807) is 36.4 Å². The van der Waals surface area contributed by atoms with Crippen molar-refractivity contribution >= 4 is 23.7 Å². The third-order valence-corrected chi connectivity index (χ3v) is 3.22. The fraction of sp³-hybridized carbons (Fsp3) is 0.150. The van der Waals surface area contributed by atoms with E-state index in [0.717, 1.165) is 5.56 Å².